The Hall–Kier alpha value is -4.10. The first-order chi connectivity index (χ1) is 16.5. The van der Waals surface area contributed by atoms with E-state index >= 15 is 0 Å². The highest BCUT2D eigenvalue weighted by Crippen LogP contribution is 2.31. The zero-order valence-corrected chi connectivity index (χ0v) is 19.1. The molecule has 0 spiro atoms. The lowest BCUT2D eigenvalue weighted by Gasteiger charge is -2.15. The molecule has 172 valence electrons. The third-order valence-electron chi connectivity index (χ3n) is 5.08. The molecule has 0 radical (unpaired) electrons. The monoisotopic (exact) mass is 475 g/mol. The highest BCUT2D eigenvalue weighted by molar-refractivity contribution is 6.53. The second-order valence-corrected chi connectivity index (χ2v) is 7.85. The molecule has 4 rings (SSSR count). The van der Waals surface area contributed by atoms with Crippen LogP contribution in [0.4, 0.5) is 17.1 Å². The van der Waals surface area contributed by atoms with Crippen LogP contribution >= 0.6 is 11.6 Å². The maximum absolute atomic E-state index is 12.9. The molecule has 1 aliphatic rings. The molecule has 0 aliphatic carbocycles. The lowest BCUT2D eigenvalue weighted by Crippen LogP contribution is -2.32. The molecule has 0 fully saturated rings. The average Bonchev–Trinajstić information content (AvgIpc) is 3.05. The summed E-state index contributed by atoms with van der Waals surface area (Å²) in [6, 6.07) is 22.8. The topological polar surface area (TPSA) is 87.7 Å². The van der Waals surface area contributed by atoms with Gasteiger partial charge in [0.15, 0.2) is 0 Å². The SMILES string of the molecule is CCOc1ccc(N2C(=O)C(Cl)=C(Nc3ccc(CC(=O)Nc4ccccc4)cc3)C2=O)cc1. The highest BCUT2D eigenvalue weighted by Gasteiger charge is 2.38. The van der Waals surface area contributed by atoms with Crippen molar-refractivity contribution in [2.75, 3.05) is 22.1 Å². The van der Waals surface area contributed by atoms with E-state index in [0.29, 0.717) is 23.7 Å². The summed E-state index contributed by atoms with van der Waals surface area (Å²) in [5.74, 6) is -0.654. The fourth-order valence-corrected chi connectivity index (χ4v) is 3.68. The third kappa shape index (κ3) is 5.10. The largest absolute Gasteiger partial charge is 0.494 e. The van der Waals surface area contributed by atoms with Gasteiger partial charge in [-0.1, -0.05) is 41.9 Å². The van der Waals surface area contributed by atoms with Crippen LogP contribution in [0.5, 0.6) is 5.75 Å². The summed E-state index contributed by atoms with van der Waals surface area (Å²) < 4.78 is 5.40. The maximum atomic E-state index is 12.9. The summed E-state index contributed by atoms with van der Waals surface area (Å²) in [6.07, 6.45) is 0.196. The van der Waals surface area contributed by atoms with Gasteiger partial charge in [0.25, 0.3) is 11.8 Å². The van der Waals surface area contributed by atoms with Gasteiger partial charge in [-0.2, -0.15) is 0 Å². The van der Waals surface area contributed by atoms with Crippen LogP contribution in [-0.4, -0.2) is 24.3 Å². The molecule has 1 aliphatic heterocycles. The fourth-order valence-electron chi connectivity index (χ4n) is 3.47. The molecule has 0 saturated heterocycles. The third-order valence-corrected chi connectivity index (χ3v) is 5.43. The summed E-state index contributed by atoms with van der Waals surface area (Å²) in [6.45, 7) is 2.38. The molecule has 0 unspecified atom stereocenters. The van der Waals surface area contributed by atoms with Crippen molar-refractivity contribution in [1.29, 1.82) is 0 Å². The number of carbonyl (C=O) groups is 3. The van der Waals surface area contributed by atoms with Crippen LogP contribution in [0.2, 0.25) is 0 Å². The van der Waals surface area contributed by atoms with Crippen molar-refractivity contribution >= 4 is 46.4 Å². The Labute approximate surface area is 202 Å². The van der Waals surface area contributed by atoms with E-state index in [1.165, 1.54) is 0 Å². The lowest BCUT2D eigenvalue weighted by molar-refractivity contribution is -0.120. The van der Waals surface area contributed by atoms with Crippen molar-refractivity contribution in [3.8, 4) is 5.75 Å². The van der Waals surface area contributed by atoms with E-state index in [1.54, 1.807) is 48.5 Å². The first kappa shape index (κ1) is 23.1. The molecule has 34 heavy (non-hydrogen) atoms. The number of hydrogen-bond donors (Lipinski definition) is 2. The van der Waals surface area contributed by atoms with Gasteiger partial charge in [-0.3, -0.25) is 14.4 Å². The quantitative estimate of drug-likeness (QED) is 0.461. The van der Waals surface area contributed by atoms with Crippen LogP contribution in [0.25, 0.3) is 0 Å². The van der Waals surface area contributed by atoms with Gasteiger partial charge in [0.1, 0.15) is 16.5 Å². The Bertz CT molecular complexity index is 1240. The minimum Gasteiger partial charge on any atom is -0.494 e. The van der Waals surface area contributed by atoms with Crippen molar-refractivity contribution in [1.82, 2.24) is 0 Å². The van der Waals surface area contributed by atoms with Crippen LogP contribution in [0.3, 0.4) is 0 Å². The molecule has 0 aromatic heterocycles. The first-order valence-electron chi connectivity index (χ1n) is 10.7. The molecule has 0 atom stereocenters. The molecule has 7 nitrogen and oxygen atoms in total. The number of benzene rings is 3. The number of nitrogens with one attached hydrogen (secondary N) is 2. The smallest absolute Gasteiger partial charge is 0.283 e. The standard InChI is InChI=1S/C26H22ClN3O4/c1-2-34-21-14-12-20(13-15-21)30-25(32)23(27)24(26(30)33)29-19-10-8-17(9-11-19)16-22(31)28-18-6-4-3-5-7-18/h3-15,29H,2,16H2,1H3,(H,28,31). The number of para-hydroxylation sites is 1. The van der Waals surface area contributed by atoms with E-state index in [0.717, 1.165) is 16.2 Å². The minimum atomic E-state index is -0.604. The van der Waals surface area contributed by atoms with Gasteiger partial charge in [0.05, 0.1) is 18.7 Å². The molecule has 2 N–H and O–H groups in total. The van der Waals surface area contributed by atoms with Gasteiger partial charge in [-0.05, 0) is 61.0 Å². The molecule has 0 bridgehead atoms. The van der Waals surface area contributed by atoms with Crippen molar-refractivity contribution in [2.45, 2.75) is 13.3 Å². The number of anilines is 3. The van der Waals surface area contributed by atoms with E-state index < -0.39 is 11.8 Å². The van der Waals surface area contributed by atoms with Crippen molar-refractivity contribution in [2.24, 2.45) is 0 Å². The number of ether oxygens (including phenoxy) is 1. The Morgan fingerprint density at radius 1 is 0.882 bits per heavy atom. The predicted molar refractivity (Wildman–Crippen MR) is 132 cm³/mol. The van der Waals surface area contributed by atoms with Crippen LogP contribution in [-0.2, 0) is 20.8 Å². The fraction of sp³-hybridized carbons (Fsp3) is 0.115. The van der Waals surface area contributed by atoms with Crippen molar-refractivity contribution in [3.05, 3.63) is 95.2 Å². The molecular weight excluding hydrogens is 454 g/mol. The van der Waals surface area contributed by atoms with Crippen molar-refractivity contribution in [3.63, 3.8) is 0 Å². The molecule has 3 aromatic carbocycles. The van der Waals surface area contributed by atoms with E-state index in [2.05, 4.69) is 10.6 Å². The second-order valence-electron chi connectivity index (χ2n) is 7.47. The minimum absolute atomic E-state index is 0.00452. The van der Waals surface area contributed by atoms with Gasteiger partial charge < -0.3 is 15.4 Å². The van der Waals surface area contributed by atoms with E-state index in [-0.39, 0.29) is 23.1 Å². The zero-order chi connectivity index (χ0) is 24.1. The number of hydrogen-bond acceptors (Lipinski definition) is 5. The van der Waals surface area contributed by atoms with Gasteiger partial charge in [0.2, 0.25) is 5.91 Å². The number of nitrogens with zero attached hydrogens (tertiary/aromatic N) is 1. The van der Waals surface area contributed by atoms with Crippen LogP contribution in [0, 0.1) is 0 Å². The molecule has 1 heterocycles. The predicted octanol–water partition coefficient (Wildman–Crippen LogP) is 4.70. The summed E-state index contributed by atoms with van der Waals surface area (Å²) in [4.78, 5) is 38.9. The number of carbonyl (C=O) groups excluding carboxylic acids is 3. The Morgan fingerprint density at radius 2 is 1.56 bits per heavy atom. The molecule has 8 heteroatoms. The second kappa shape index (κ2) is 10.2. The molecule has 3 amide bonds. The first-order valence-corrected chi connectivity index (χ1v) is 11.1. The summed E-state index contributed by atoms with van der Waals surface area (Å²) in [7, 11) is 0. The lowest BCUT2D eigenvalue weighted by atomic mass is 10.1. The average molecular weight is 476 g/mol. The van der Waals surface area contributed by atoms with Gasteiger partial charge in [-0.25, -0.2) is 4.90 Å². The van der Waals surface area contributed by atoms with Crippen LogP contribution in [0.15, 0.2) is 89.6 Å². The van der Waals surface area contributed by atoms with Gasteiger partial charge >= 0.3 is 0 Å². The molecule has 0 saturated carbocycles. The van der Waals surface area contributed by atoms with E-state index in [1.807, 2.05) is 37.3 Å². The molecule has 3 aromatic rings. The Balaban J connectivity index is 1.41. The Kier molecular flexibility index (Phi) is 6.94. The normalized spacial score (nSPS) is 13.3. The summed E-state index contributed by atoms with van der Waals surface area (Å²) >= 11 is 6.20. The highest BCUT2D eigenvalue weighted by atomic mass is 35.5. The zero-order valence-electron chi connectivity index (χ0n) is 18.4. The number of halogens is 1. The maximum Gasteiger partial charge on any atom is 0.283 e. The van der Waals surface area contributed by atoms with Crippen LogP contribution < -0.4 is 20.3 Å². The van der Waals surface area contributed by atoms with Crippen LogP contribution in [0.1, 0.15) is 12.5 Å². The summed E-state index contributed by atoms with van der Waals surface area (Å²) in [5, 5.41) is 5.58. The molecular formula is C26H22ClN3O4. The number of rotatable bonds is 8. The Morgan fingerprint density at radius 3 is 2.21 bits per heavy atom. The van der Waals surface area contributed by atoms with Crippen molar-refractivity contribution < 1.29 is 19.1 Å². The van der Waals surface area contributed by atoms with Gasteiger partial charge in [0, 0.05) is 11.4 Å². The number of amides is 3. The summed E-state index contributed by atoms with van der Waals surface area (Å²) in [5.41, 5.74) is 2.48. The van der Waals surface area contributed by atoms with Gasteiger partial charge in [-0.15, -0.1) is 0 Å². The van der Waals surface area contributed by atoms with E-state index in [9.17, 15) is 14.4 Å². The number of imide groups is 1. The van der Waals surface area contributed by atoms with E-state index in [4.69, 9.17) is 16.3 Å².